The summed E-state index contributed by atoms with van der Waals surface area (Å²) in [7, 11) is 0. The van der Waals surface area contributed by atoms with Crippen molar-refractivity contribution in [2.45, 2.75) is 32.3 Å². The zero-order valence-corrected chi connectivity index (χ0v) is 15.1. The summed E-state index contributed by atoms with van der Waals surface area (Å²) < 4.78 is 5.35. The molecule has 0 fully saturated rings. The smallest absolute Gasteiger partial charge is 0.342 e. The van der Waals surface area contributed by atoms with Gasteiger partial charge in [0.15, 0.2) is 6.10 Å². The molecule has 27 heavy (non-hydrogen) atoms. The van der Waals surface area contributed by atoms with Gasteiger partial charge in [0.25, 0.3) is 0 Å². The molecule has 0 saturated carbocycles. The molecule has 3 aromatic carbocycles. The molecule has 0 aliphatic heterocycles. The molecule has 4 rings (SSSR count). The Morgan fingerprint density at radius 3 is 2.63 bits per heavy atom. The number of phenols is 1. The lowest BCUT2D eigenvalue weighted by Crippen LogP contribution is -2.24. The Balaban J connectivity index is 1.54. The number of hydrogen-bond acceptors (Lipinski definition) is 4. The van der Waals surface area contributed by atoms with Gasteiger partial charge in [-0.25, -0.2) is 4.79 Å². The number of aromatic hydroxyl groups is 1. The summed E-state index contributed by atoms with van der Waals surface area (Å²) in [5.74, 6) is -1.08. The van der Waals surface area contributed by atoms with Crippen molar-refractivity contribution >= 4 is 22.5 Å². The second-order valence-electron chi connectivity index (χ2n) is 6.93. The molecule has 0 aromatic heterocycles. The topological polar surface area (TPSA) is 63.6 Å². The van der Waals surface area contributed by atoms with Crippen LogP contribution in [0.4, 0.5) is 0 Å². The summed E-state index contributed by atoms with van der Waals surface area (Å²) in [6.07, 6.45) is 2.21. The first-order valence-corrected chi connectivity index (χ1v) is 9.12. The average Bonchev–Trinajstić information content (AvgIpc) is 3.15. The zero-order valence-electron chi connectivity index (χ0n) is 15.1. The van der Waals surface area contributed by atoms with Crippen molar-refractivity contribution in [3.05, 3.63) is 76.9 Å². The maximum absolute atomic E-state index is 12.7. The maximum Gasteiger partial charge on any atom is 0.342 e. The van der Waals surface area contributed by atoms with Gasteiger partial charge in [-0.05, 0) is 54.8 Å². The molecule has 3 aromatic rings. The quantitative estimate of drug-likeness (QED) is 0.551. The van der Waals surface area contributed by atoms with Crippen LogP contribution in [0.5, 0.6) is 5.75 Å². The summed E-state index contributed by atoms with van der Waals surface area (Å²) >= 11 is 0. The molecule has 0 heterocycles. The lowest BCUT2D eigenvalue weighted by atomic mass is 10.0. The lowest BCUT2D eigenvalue weighted by Gasteiger charge is -2.14. The first kappa shape index (κ1) is 17.3. The van der Waals surface area contributed by atoms with E-state index >= 15 is 0 Å². The van der Waals surface area contributed by atoms with Crippen molar-refractivity contribution < 1.29 is 19.4 Å². The number of aryl methyl sites for hydroxylation is 2. The van der Waals surface area contributed by atoms with E-state index in [-0.39, 0.29) is 17.1 Å². The molecular formula is C23H20O4. The number of fused-ring (bicyclic) bond motifs is 2. The third-order valence-corrected chi connectivity index (χ3v) is 5.16. The van der Waals surface area contributed by atoms with E-state index in [0.29, 0.717) is 10.9 Å². The van der Waals surface area contributed by atoms with Crippen molar-refractivity contribution in [3.8, 4) is 5.75 Å². The Hall–Kier alpha value is -3.14. The van der Waals surface area contributed by atoms with E-state index in [1.54, 1.807) is 31.2 Å². The SMILES string of the molecule is C[C@H](OC(=O)c1ccc2ccccc2c1O)C(=O)c1ccc2c(c1)CCC2. The van der Waals surface area contributed by atoms with E-state index in [2.05, 4.69) is 0 Å². The predicted octanol–water partition coefficient (Wildman–Crippen LogP) is 4.46. The largest absolute Gasteiger partial charge is 0.506 e. The van der Waals surface area contributed by atoms with E-state index in [4.69, 9.17) is 4.74 Å². The van der Waals surface area contributed by atoms with Crippen molar-refractivity contribution in [3.63, 3.8) is 0 Å². The van der Waals surface area contributed by atoms with Gasteiger partial charge in [-0.15, -0.1) is 0 Å². The highest BCUT2D eigenvalue weighted by molar-refractivity contribution is 6.04. The molecule has 0 amide bonds. The summed E-state index contributed by atoms with van der Waals surface area (Å²) in [5, 5.41) is 11.8. The predicted molar refractivity (Wildman–Crippen MR) is 103 cm³/mol. The number of ketones is 1. The molecule has 1 aliphatic rings. The number of phenolic OH excluding ortho intramolecular Hbond substituents is 1. The number of carbonyl (C=O) groups is 2. The highest BCUT2D eigenvalue weighted by Gasteiger charge is 2.24. The maximum atomic E-state index is 12.7. The second-order valence-corrected chi connectivity index (χ2v) is 6.93. The van der Waals surface area contributed by atoms with Gasteiger partial charge in [-0.3, -0.25) is 4.79 Å². The van der Waals surface area contributed by atoms with Gasteiger partial charge in [0.1, 0.15) is 11.3 Å². The zero-order chi connectivity index (χ0) is 19.0. The Kier molecular flexibility index (Phi) is 4.40. The van der Waals surface area contributed by atoms with E-state index in [1.165, 1.54) is 17.2 Å². The van der Waals surface area contributed by atoms with Gasteiger partial charge in [-0.2, -0.15) is 0 Å². The van der Waals surface area contributed by atoms with Crippen LogP contribution in [0.3, 0.4) is 0 Å². The summed E-state index contributed by atoms with van der Waals surface area (Å²) in [5.41, 5.74) is 3.10. The van der Waals surface area contributed by atoms with Gasteiger partial charge in [0.05, 0.1) is 0 Å². The number of rotatable bonds is 4. The van der Waals surface area contributed by atoms with Gasteiger partial charge in [0.2, 0.25) is 5.78 Å². The number of carbonyl (C=O) groups excluding carboxylic acids is 2. The van der Waals surface area contributed by atoms with Crippen LogP contribution in [-0.4, -0.2) is 23.0 Å². The minimum atomic E-state index is -0.928. The molecule has 0 unspecified atom stereocenters. The second kappa shape index (κ2) is 6.88. The molecule has 4 nitrogen and oxygen atoms in total. The minimum Gasteiger partial charge on any atom is -0.506 e. The van der Waals surface area contributed by atoms with E-state index < -0.39 is 12.1 Å². The Labute approximate surface area is 157 Å². The standard InChI is InChI=1S/C23H20O4/c1-14(21(24)18-10-9-15-6-4-7-17(15)13-18)27-23(26)20-12-11-16-5-2-3-8-19(16)22(20)25/h2-3,5,8-14,25H,4,6-7H2,1H3/t14-/m0/s1. The van der Waals surface area contributed by atoms with E-state index in [9.17, 15) is 14.7 Å². The summed E-state index contributed by atoms with van der Waals surface area (Å²) in [4.78, 5) is 25.2. The molecule has 1 atom stereocenters. The molecule has 0 bridgehead atoms. The molecular weight excluding hydrogens is 340 g/mol. The van der Waals surface area contributed by atoms with Gasteiger partial charge < -0.3 is 9.84 Å². The normalized spacial score (nSPS) is 14.0. The first-order valence-electron chi connectivity index (χ1n) is 9.12. The Morgan fingerprint density at radius 1 is 1.00 bits per heavy atom. The number of benzene rings is 3. The third-order valence-electron chi connectivity index (χ3n) is 5.16. The average molecular weight is 360 g/mol. The summed E-state index contributed by atoms with van der Waals surface area (Å²) in [6.45, 7) is 1.56. The molecule has 0 radical (unpaired) electrons. The molecule has 0 saturated heterocycles. The molecule has 4 heteroatoms. The molecule has 1 N–H and O–H groups in total. The third kappa shape index (κ3) is 3.19. The van der Waals surface area contributed by atoms with Crippen LogP contribution in [0.1, 0.15) is 45.2 Å². The Morgan fingerprint density at radius 2 is 1.78 bits per heavy atom. The van der Waals surface area contributed by atoms with Crippen LogP contribution in [0, 0.1) is 0 Å². The van der Waals surface area contributed by atoms with Crippen molar-refractivity contribution in [1.82, 2.24) is 0 Å². The van der Waals surface area contributed by atoms with Crippen LogP contribution in [0.25, 0.3) is 10.8 Å². The summed E-state index contributed by atoms with van der Waals surface area (Å²) in [6, 6.07) is 16.2. The van der Waals surface area contributed by atoms with Crippen molar-refractivity contribution in [1.29, 1.82) is 0 Å². The van der Waals surface area contributed by atoms with E-state index in [0.717, 1.165) is 24.6 Å². The fraction of sp³-hybridized carbons (Fsp3) is 0.217. The van der Waals surface area contributed by atoms with Gasteiger partial charge in [0, 0.05) is 10.9 Å². The molecule has 136 valence electrons. The monoisotopic (exact) mass is 360 g/mol. The van der Waals surface area contributed by atoms with Crippen LogP contribution in [0.15, 0.2) is 54.6 Å². The van der Waals surface area contributed by atoms with Crippen LogP contribution in [-0.2, 0) is 17.6 Å². The highest BCUT2D eigenvalue weighted by atomic mass is 16.5. The fourth-order valence-electron chi connectivity index (χ4n) is 3.66. The fourth-order valence-corrected chi connectivity index (χ4v) is 3.66. The molecule has 1 aliphatic carbocycles. The first-order chi connectivity index (χ1) is 13.0. The number of ether oxygens (including phenoxy) is 1. The van der Waals surface area contributed by atoms with E-state index in [1.807, 2.05) is 24.3 Å². The van der Waals surface area contributed by atoms with Gasteiger partial charge in [-0.1, -0.05) is 42.5 Å². The highest BCUT2D eigenvalue weighted by Crippen LogP contribution is 2.29. The molecule has 0 spiro atoms. The van der Waals surface area contributed by atoms with Crippen LogP contribution >= 0.6 is 0 Å². The number of hydrogen-bond donors (Lipinski definition) is 1. The van der Waals surface area contributed by atoms with Crippen LogP contribution < -0.4 is 0 Å². The van der Waals surface area contributed by atoms with Gasteiger partial charge >= 0.3 is 5.97 Å². The Bertz CT molecular complexity index is 1050. The van der Waals surface area contributed by atoms with Crippen LogP contribution in [0.2, 0.25) is 0 Å². The lowest BCUT2D eigenvalue weighted by molar-refractivity contribution is 0.0316. The van der Waals surface area contributed by atoms with Crippen molar-refractivity contribution in [2.75, 3.05) is 0 Å². The number of esters is 1. The van der Waals surface area contributed by atoms with Crippen molar-refractivity contribution in [2.24, 2.45) is 0 Å². The number of Topliss-reactive ketones (excluding diaryl/α,β-unsaturated/α-hetero) is 1. The minimum absolute atomic E-state index is 0.0577.